The third-order valence-corrected chi connectivity index (χ3v) is 7.70. The van der Waals surface area contributed by atoms with Crippen LogP contribution in [0, 0.1) is 5.92 Å². The van der Waals surface area contributed by atoms with Crippen LogP contribution in [0.1, 0.15) is 60.9 Å². The molecule has 1 aromatic rings. The minimum absolute atomic E-state index is 0.153. The molecule has 5 rings (SSSR count). The van der Waals surface area contributed by atoms with Gasteiger partial charge in [0.25, 0.3) is 5.91 Å². The van der Waals surface area contributed by atoms with Gasteiger partial charge in [-0.2, -0.15) is 0 Å². The van der Waals surface area contributed by atoms with Crippen LogP contribution in [0.4, 0.5) is 0 Å². The molecule has 33 heavy (non-hydrogen) atoms. The van der Waals surface area contributed by atoms with E-state index in [1.54, 1.807) is 18.1 Å². The number of piperidine rings is 2. The van der Waals surface area contributed by atoms with E-state index < -0.39 is 6.04 Å². The number of hydrogen-bond donors (Lipinski definition) is 1. The quantitative estimate of drug-likeness (QED) is 0.634. The Labute approximate surface area is 194 Å². The lowest BCUT2D eigenvalue weighted by molar-refractivity contribution is -0.136. The molecule has 8 heteroatoms. The van der Waals surface area contributed by atoms with Gasteiger partial charge in [-0.3, -0.25) is 24.6 Å². The van der Waals surface area contributed by atoms with Crippen molar-refractivity contribution in [1.82, 2.24) is 15.1 Å². The van der Waals surface area contributed by atoms with Gasteiger partial charge in [-0.25, -0.2) is 0 Å². The SMILES string of the molecule is COC1CC(CN2CCCC[C@@H]2COc2ccc3c(c2)CN(C2CCC(=O)NC2=O)C3=O)C1. The molecule has 1 aromatic carbocycles. The predicted octanol–water partition coefficient (Wildman–Crippen LogP) is 2.11. The third kappa shape index (κ3) is 4.64. The maximum atomic E-state index is 12.9. The minimum Gasteiger partial charge on any atom is -0.492 e. The number of nitrogens with one attached hydrogen (secondary N) is 1. The molecule has 3 heterocycles. The summed E-state index contributed by atoms with van der Waals surface area (Å²) in [5, 5.41) is 2.35. The van der Waals surface area contributed by atoms with E-state index in [-0.39, 0.29) is 24.1 Å². The lowest BCUT2D eigenvalue weighted by Gasteiger charge is -2.42. The summed E-state index contributed by atoms with van der Waals surface area (Å²) in [6.45, 7) is 3.26. The maximum absolute atomic E-state index is 12.9. The molecule has 8 nitrogen and oxygen atoms in total. The zero-order chi connectivity index (χ0) is 22.9. The van der Waals surface area contributed by atoms with E-state index >= 15 is 0 Å². The Kier molecular flexibility index (Phi) is 6.38. The number of benzene rings is 1. The fraction of sp³-hybridized carbons (Fsp3) is 0.640. The van der Waals surface area contributed by atoms with Gasteiger partial charge in [0.15, 0.2) is 0 Å². The van der Waals surface area contributed by atoms with E-state index in [1.807, 2.05) is 12.1 Å². The van der Waals surface area contributed by atoms with Gasteiger partial charge in [-0.15, -0.1) is 0 Å². The van der Waals surface area contributed by atoms with E-state index in [0.717, 1.165) is 49.6 Å². The first kappa shape index (κ1) is 22.3. The summed E-state index contributed by atoms with van der Waals surface area (Å²) in [6.07, 6.45) is 7.00. The zero-order valence-electron chi connectivity index (χ0n) is 19.3. The monoisotopic (exact) mass is 455 g/mol. The Bertz CT molecular complexity index is 929. The van der Waals surface area contributed by atoms with Gasteiger partial charge in [0.1, 0.15) is 18.4 Å². The smallest absolute Gasteiger partial charge is 0.255 e. The first-order valence-electron chi connectivity index (χ1n) is 12.2. The molecule has 3 amide bonds. The molecular formula is C25H33N3O5. The second kappa shape index (κ2) is 9.43. The number of carbonyl (C=O) groups is 3. The molecule has 0 aromatic heterocycles. The first-order chi connectivity index (χ1) is 16.0. The highest BCUT2D eigenvalue weighted by molar-refractivity contribution is 6.05. The van der Waals surface area contributed by atoms with Crippen LogP contribution in [0.5, 0.6) is 5.75 Å². The van der Waals surface area contributed by atoms with Gasteiger partial charge in [0, 0.05) is 38.2 Å². The summed E-state index contributed by atoms with van der Waals surface area (Å²) in [7, 11) is 1.80. The molecule has 0 bridgehead atoms. The van der Waals surface area contributed by atoms with Gasteiger partial charge in [0.2, 0.25) is 11.8 Å². The molecule has 1 N–H and O–H groups in total. The summed E-state index contributed by atoms with van der Waals surface area (Å²) in [4.78, 5) is 40.7. The van der Waals surface area contributed by atoms with Crippen molar-refractivity contribution >= 4 is 17.7 Å². The first-order valence-corrected chi connectivity index (χ1v) is 12.2. The van der Waals surface area contributed by atoms with Crippen molar-refractivity contribution in [2.45, 2.75) is 69.7 Å². The number of rotatable bonds is 7. The Balaban J connectivity index is 1.19. The van der Waals surface area contributed by atoms with Gasteiger partial charge >= 0.3 is 0 Å². The molecular weight excluding hydrogens is 422 g/mol. The summed E-state index contributed by atoms with van der Waals surface area (Å²) >= 11 is 0. The Hall–Kier alpha value is -2.45. The Morgan fingerprint density at radius 3 is 2.76 bits per heavy atom. The van der Waals surface area contributed by atoms with Crippen LogP contribution >= 0.6 is 0 Å². The van der Waals surface area contributed by atoms with Crippen molar-refractivity contribution in [3.8, 4) is 5.75 Å². The molecule has 2 atom stereocenters. The van der Waals surface area contributed by atoms with Crippen molar-refractivity contribution in [1.29, 1.82) is 0 Å². The molecule has 3 aliphatic heterocycles. The van der Waals surface area contributed by atoms with Crippen molar-refractivity contribution in [2.75, 3.05) is 26.8 Å². The number of fused-ring (bicyclic) bond motifs is 1. The normalized spacial score (nSPS) is 30.1. The van der Waals surface area contributed by atoms with Crippen LogP contribution in [-0.4, -0.2) is 72.5 Å². The van der Waals surface area contributed by atoms with Crippen molar-refractivity contribution in [3.05, 3.63) is 29.3 Å². The highest BCUT2D eigenvalue weighted by Gasteiger charge is 2.39. The average Bonchev–Trinajstić information content (AvgIpc) is 3.10. The molecule has 0 radical (unpaired) electrons. The van der Waals surface area contributed by atoms with E-state index in [0.29, 0.717) is 37.3 Å². The van der Waals surface area contributed by atoms with Crippen LogP contribution in [0.15, 0.2) is 18.2 Å². The number of hydrogen-bond acceptors (Lipinski definition) is 6. The number of carbonyl (C=O) groups excluding carboxylic acids is 3. The van der Waals surface area contributed by atoms with Crippen LogP contribution in [0.2, 0.25) is 0 Å². The molecule has 1 aliphatic carbocycles. The number of methoxy groups -OCH3 is 1. The van der Waals surface area contributed by atoms with Gasteiger partial charge in [0.05, 0.1) is 6.10 Å². The van der Waals surface area contributed by atoms with Gasteiger partial charge in [-0.05, 0) is 68.3 Å². The summed E-state index contributed by atoms with van der Waals surface area (Å²) in [5.74, 6) is 0.674. The number of amides is 3. The van der Waals surface area contributed by atoms with Crippen molar-refractivity contribution < 1.29 is 23.9 Å². The second-order valence-corrected chi connectivity index (χ2v) is 9.87. The van der Waals surface area contributed by atoms with Crippen LogP contribution in [-0.2, 0) is 20.9 Å². The molecule has 178 valence electrons. The number of ether oxygens (including phenoxy) is 2. The van der Waals surface area contributed by atoms with E-state index in [1.165, 1.54) is 12.8 Å². The third-order valence-electron chi connectivity index (χ3n) is 7.70. The fourth-order valence-electron chi connectivity index (χ4n) is 5.67. The van der Waals surface area contributed by atoms with Crippen molar-refractivity contribution in [2.24, 2.45) is 5.92 Å². The molecule has 0 spiro atoms. The standard InChI is InChI=1S/C25H33N3O5/c1-32-20-10-16(11-20)13-27-9-3-2-4-18(27)15-33-19-5-6-21-17(12-19)14-28(25(21)31)22-7-8-23(29)26-24(22)30/h5-6,12,16,18,20,22H,2-4,7-11,13-15H2,1H3,(H,26,29,30)/t16?,18-,20?,22?/m1/s1. The number of imide groups is 1. The van der Waals surface area contributed by atoms with E-state index in [2.05, 4.69) is 10.2 Å². The molecule has 2 saturated heterocycles. The lowest BCUT2D eigenvalue weighted by atomic mass is 9.81. The topological polar surface area (TPSA) is 88.2 Å². The van der Waals surface area contributed by atoms with Crippen LogP contribution in [0.25, 0.3) is 0 Å². The van der Waals surface area contributed by atoms with Gasteiger partial charge < -0.3 is 14.4 Å². The van der Waals surface area contributed by atoms with E-state index in [4.69, 9.17) is 9.47 Å². The summed E-state index contributed by atoms with van der Waals surface area (Å²) in [5.41, 5.74) is 1.49. The minimum atomic E-state index is -0.591. The summed E-state index contributed by atoms with van der Waals surface area (Å²) in [6, 6.07) is 5.41. The average molecular weight is 456 g/mol. The molecule has 1 unspecified atom stereocenters. The number of likely N-dealkylation sites (tertiary alicyclic amines) is 1. The van der Waals surface area contributed by atoms with Crippen LogP contribution < -0.4 is 10.1 Å². The summed E-state index contributed by atoms with van der Waals surface area (Å²) < 4.78 is 11.6. The van der Waals surface area contributed by atoms with Crippen molar-refractivity contribution in [3.63, 3.8) is 0 Å². The lowest BCUT2D eigenvalue weighted by Crippen LogP contribution is -2.52. The van der Waals surface area contributed by atoms with Crippen LogP contribution in [0.3, 0.4) is 0 Å². The van der Waals surface area contributed by atoms with E-state index in [9.17, 15) is 14.4 Å². The largest absolute Gasteiger partial charge is 0.492 e. The Morgan fingerprint density at radius 2 is 1.97 bits per heavy atom. The van der Waals surface area contributed by atoms with Gasteiger partial charge in [-0.1, -0.05) is 6.42 Å². The highest BCUT2D eigenvalue weighted by atomic mass is 16.5. The second-order valence-electron chi connectivity index (χ2n) is 9.87. The predicted molar refractivity (Wildman–Crippen MR) is 121 cm³/mol. The Morgan fingerprint density at radius 1 is 1.12 bits per heavy atom. The molecule has 1 saturated carbocycles. The fourth-order valence-corrected chi connectivity index (χ4v) is 5.67. The number of nitrogens with zero attached hydrogens (tertiary/aromatic N) is 2. The maximum Gasteiger partial charge on any atom is 0.255 e. The molecule has 3 fully saturated rings. The molecule has 4 aliphatic rings. The highest BCUT2D eigenvalue weighted by Crippen LogP contribution is 2.33. The zero-order valence-corrected chi connectivity index (χ0v) is 19.3.